The Hall–Kier alpha value is -1.88. The van der Waals surface area contributed by atoms with E-state index in [9.17, 15) is 0 Å². The average molecular weight is 229 g/mol. The van der Waals surface area contributed by atoms with Crippen molar-refractivity contribution in [2.24, 2.45) is 0 Å². The number of hydrogen-bond acceptors (Lipinski definition) is 4. The molecule has 1 aromatic carbocycles. The van der Waals surface area contributed by atoms with Crippen LogP contribution in [-0.2, 0) is 0 Å². The highest BCUT2D eigenvalue weighted by Crippen LogP contribution is 2.25. The summed E-state index contributed by atoms with van der Waals surface area (Å²) < 4.78 is 1.99. The van der Waals surface area contributed by atoms with Crippen LogP contribution in [0, 0.1) is 0 Å². The summed E-state index contributed by atoms with van der Waals surface area (Å²) in [5.41, 5.74) is 8.67. The first-order valence-electron chi connectivity index (χ1n) is 5.81. The SMILES string of the molecule is Nc1cccc(-c2cnnn2C2CCNC2)c1. The van der Waals surface area contributed by atoms with Gasteiger partial charge in [0.1, 0.15) is 0 Å². The molecule has 3 rings (SSSR count). The molecule has 5 nitrogen and oxygen atoms in total. The summed E-state index contributed by atoms with van der Waals surface area (Å²) in [6.07, 6.45) is 2.89. The van der Waals surface area contributed by atoms with Crippen molar-refractivity contribution < 1.29 is 0 Å². The molecule has 0 amide bonds. The molecule has 1 unspecified atom stereocenters. The molecule has 2 heterocycles. The zero-order valence-electron chi connectivity index (χ0n) is 9.50. The van der Waals surface area contributed by atoms with Crippen LogP contribution >= 0.6 is 0 Å². The van der Waals surface area contributed by atoms with Crippen LogP contribution in [0.2, 0.25) is 0 Å². The quantitative estimate of drug-likeness (QED) is 0.756. The Balaban J connectivity index is 2.00. The molecule has 88 valence electrons. The number of rotatable bonds is 2. The maximum absolute atomic E-state index is 5.81. The predicted molar refractivity (Wildman–Crippen MR) is 66.4 cm³/mol. The van der Waals surface area contributed by atoms with Gasteiger partial charge in [-0.1, -0.05) is 17.3 Å². The van der Waals surface area contributed by atoms with Gasteiger partial charge in [-0.05, 0) is 25.1 Å². The Morgan fingerprint density at radius 2 is 2.35 bits per heavy atom. The molecule has 1 saturated heterocycles. The van der Waals surface area contributed by atoms with Gasteiger partial charge in [0.15, 0.2) is 0 Å². The van der Waals surface area contributed by atoms with Crippen molar-refractivity contribution in [1.82, 2.24) is 20.3 Å². The third-order valence-corrected chi connectivity index (χ3v) is 3.14. The van der Waals surface area contributed by atoms with Gasteiger partial charge in [0.25, 0.3) is 0 Å². The van der Waals surface area contributed by atoms with Crippen LogP contribution in [0.15, 0.2) is 30.5 Å². The van der Waals surface area contributed by atoms with Crippen LogP contribution in [0.3, 0.4) is 0 Å². The third-order valence-electron chi connectivity index (χ3n) is 3.14. The second kappa shape index (κ2) is 4.18. The molecule has 0 bridgehead atoms. The van der Waals surface area contributed by atoms with Crippen LogP contribution in [-0.4, -0.2) is 28.1 Å². The van der Waals surface area contributed by atoms with Gasteiger partial charge < -0.3 is 11.1 Å². The first-order chi connectivity index (χ1) is 8.34. The van der Waals surface area contributed by atoms with Gasteiger partial charge in [0.2, 0.25) is 0 Å². The van der Waals surface area contributed by atoms with Crippen molar-refractivity contribution in [2.45, 2.75) is 12.5 Å². The fourth-order valence-corrected chi connectivity index (χ4v) is 2.27. The molecule has 0 radical (unpaired) electrons. The Labute approximate surface area is 99.6 Å². The molecular weight excluding hydrogens is 214 g/mol. The lowest BCUT2D eigenvalue weighted by atomic mass is 10.1. The number of nitrogens with zero attached hydrogens (tertiary/aromatic N) is 3. The second-order valence-electron chi connectivity index (χ2n) is 4.34. The van der Waals surface area contributed by atoms with Crippen molar-refractivity contribution >= 4 is 5.69 Å². The number of aromatic nitrogens is 3. The molecule has 1 aromatic heterocycles. The topological polar surface area (TPSA) is 68.8 Å². The van der Waals surface area contributed by atoms with E-state index in [0.717, 1.165) is 36.5 Å². The number of hydrogen-bond donors (Lipinski definition) is 2. The maximum atomic E-state index is 5.81. The number of anilines is 1. The summed E-state index contributed by atoms with van der Waals surface area (Å²) in [5, 5.41) is 11.5. The van der Waals surface area contributed by atoms with Gasteiger partial charge in [0, 0.05) is 17.8 Å². The van der Waals surface area contributed by atoms with Crippen LogP contribution in [0.5, 0.6) is 0 Å². The van der Waals surface area contributed by atoms with Gasteiger partial charge in [-0.2, -0.15) is 0 Å². The van der Waals surface area contributed by atoms with Gasteiger partial charge in [-0.15, -0.1) is 5.10 Å². The summed E-state index contributed by atoms with van der Waals surface area (Å²) in [6, 6.07) is 8.23. The smallest absolute Gasteiger partial charge is 0.0890 e. The van der Waals surface area contributed by atoms with Crippen LogP contribution in [0.4, 0.5) is 5.69 Å². The minimum Gasteiger partial charge on any atom is -0.399 e. The van der Waals surface area contributed by atoms with Crippen LogP contribution in [0.1, 0.15) is 12.5 Å². The van der Waals surface area contributed by atoms with E-state index < -0.39 is 0 Å². The van der Waals surface area contributed by atoms with E-state index in [1.807, 2.05) is 28.9 Å². The zero-order chi connectivity index (χ0) is 11.7. The first kappa shape index (κ1) is 10.3. The van der Waals surface area contributed by atoms with Gasteiger partial charge in [-0.3, -0.25) is 0 Å². The molecule has 1 atom stereocenters. The van der Waals surface area contributed by atoms with E-state index in [-0.39, 0.29) is 0 Å². The summed E-state index contributed by atoms with van der Waals surface area (Å²) in [7, 11) is 0. The molecule has 3 N–H and O–H groups in total. The zero-order valence-corrected chi connectivity index (χ0v) is 9.50. The largest absolute Gasteiger partial charge is 0.399 e. The van der Waals surface area contributed by atoms with E-state index in [0.29, 0.717) is 6.04 Å². The molecule has 5 heteroatoms. The lowest BCUT2D eigenvalue weighted by Gasteiger charge is -2.12. The second-order valence-corrected chi connectivity index (χ2v) is 4.34. The van der Waals surface area contributed by atoms with Crippen LogP contribution < -0.4 is 11.1 Å². The number of nitrogens with two attached hydrogens (primary N) is 1. The monoisotopic (exact) mass is 229 g/mol. The Kier molecular flexibility index (Phi) is 2.53. The summed E-state index contributed by atoms with van der Waals surface area (Å²) >= 11 is 0. The van der Waals surface area contributed by atoms with E-state index in [1.165, 1.54) is 0 Å². The standard InChI is InChI=1S/C12H15N5/c13-10-3-1-2-9(6-10)12-8-15-16-17(12)11-4-5-14-7-11/h1-3,6,8,11,14H,4-5,7,13H2. The molecule has 2 aromatic rings. The average Bonchev–Trinajstić information content (AvgIpc) is 3.00. The molecule has 0 aliphatic carbocycles. The number of nitrogens with one attached hydrogen (secondary N) is 1. The minimum atomic E-state index is 0.397. The molecule has 0 spiro atoms. The summed E-state index contributed by atoms with van der Waals surface area (Å²) in [4.78, 5) is 0. The van der Waals surface area contributed by atoms with E-state index in [2.05, 4.69) is 15.6 Å². The highest BCUT2D eigenvalue weighted by Gasteiger charge is 2.20. The molecule has 1 aliphatic heterocycles. The molecule has 17 heavy (non-hydrogen) atoms. The first-order valence-corrected chi connectivity index (χ1v) is 5.81. The molecule has 0 saturated carbocycles. The maximum Gasteiger partial charge on any atom is 0.0890 e. The Morgan fingerprint density at radius 1 is 1.41 bits per heavy atom. The summed E-state index contributed by atoms with van der Waals surface area (Å²) in [5.74, 6) is 0. The molecular formula is C12H15N5. The molecule has 1 fully saturated rings. The van der Waals surface area contributed by atoms with Crippen molar-refractivity contribution in [3.8, 4) is 11.3 Å². The van der Waals surface area contributed by atoms with Crippen molar-refractivity contribution in [1.29, 1.82) is 0 Å². The highest BCUT2D eigenvalue weighted by atomic mass is 15.4. The van der Waals surface area contributed by atoms with E-state index in [4.69, 9.17) is 5.73 Å². The van der Waals surface area contributed by atoms with E-state index in [1.54, 1.807) is 6.20 Å². The van der Waals surface area contributed by atoms with E-state index >= 15 is 0 Å². The van der Waals surface area contributed by atoms with Crippen LogP contribution in [0.25, 0.3) is 11.3 Å². The Morgan fingerprint density at radius 3 is 3.12 bits per heavy atom. The molecule has 1 aliphatic rings. The van der Waals surface area contributed by atoms with Crippen molar-refractivity contribution in [3.05, 3.63) is 30.5 Å². The predicted octanol–water partition coefficient (Wildman–Crippen LogP) is 1.06. The van der Waals surface area contributed by atoms with Gasteiger partial charge >= 0.3 is 0 Å². The normalized spacial score (nSPS) is 19.6. The fraction of sp³-hybridized carbons (Fsp3) is 0.333. The van der Waals surface area contributed by atoms with Gasteiger partial charge in [-0.25, -0.2) is 4.68 Å². The number of nitrogen functional groups attached to an aromatic ring is 1. The lowest BCUT2D eigenvalue weighted by molar-refractivity contribution is 0.481. The minimum absolute atomic E-state index is 0.397. The van der Waals surface area contributed by atoms with Crippen molar-refractivity contribution in [2.75, 3.05) is 18.8 Å². The third kappa shape index (κ3) is 1.89. The fourth-order valence-electron chi connectivity index (χ4n) is 2.27. The summed E-state index contributed by atoms with van der Waals surface area (Å²) in [6.45, 7) is 2.00. The highest BCUT2D eigenvalue weighted by molar-refractivity contribution is 5.63. The van der Waals surface area contributed by atoms with Gasteiger partial charge in [0.05, 0.1) is 17.9 Å². The Bertz CT molecular complexity index is 513. The van der Waals surface area contributed by atoms with Crippen molar-refractivity contribution in [3.63, 3.8) is 0 Å². The number of benzene rings is 1. The lowest BCUT2D eigenvalue weighted by Crippen LogP contribution is -2.15.